The van der Waals surface area contributed by atoms with E-state index < -0.39 is 0 Å². The highest BCUT2D eigenvalue weighted by molar-refractivity contribution is 5.78. The van der Waals surface area contributed by atoms with Gasteiger partial charge in [-0.05, 0) is 38.3 Å². The molecular weight excluding hydrogens is 212 g/mol. The monoisotopic (exact) mass is 234 g/mol. The van der Waals surface area contributed by atoms with E-state index in [1.165, 1.54) is 24.8 Å². The summed E-state index contributed by atoms with van der Waals surface area (Å²) in [5.41, 5.74) is 3.52. The quantitative estimate of drug-likeness (QED) is 0.830. The van der Waals surface area contributed by atoms with E-state index in [0.717, 1.165) is 24.2 Å². The summed E-state index contributed by atoms with van der Waals surface area (Å²) >= 11 is 0. The van der Waals surface area contributed by atoms with Gasteiger partial charge in [-0.25, -0.2) is 0 Å². The maximum atomic E-state index is 12.0. The fourth-order valence-electron chi connectivity index (χ4n) is 2.66. The first-order valence-electron chi connectivity index (χ1n) is 6.59. The molecule has 1 fully saturated rings. The van der Waals surface area contributed by atoms with Gasteiger partial charge in [0.25, 0.3) is 0 Å². The summed E-state index contributed by atoms with van der Waals surface area (Å²) in [6.45, 7) is 4.75. The van der Waals surface area contributed by atoms with Gasteiger partial charge in [0.2, 0.25) is 5.91 Å². The van der Waals surface area contributed by atoms with Crippen LogP contribution in [0.1, 0.15) is 49.1 Å². The fourth-order valence-corrected chi connectivity index (χ4v) is 2.66. The molecule has 1 aliphatic carbocycles. The molecule has 0 unspecified atom stereocenters. The average molecular weight is 234 g/mol. The molecule has 1 saturated carbocycles. The first-order chi connectivity index (χ1) is 8.16. The van der Waals surface area contributed by atoms with Gasteiger partial charge in [-0.3, -0.25) is 4.79 Å². The SMILES string of the molecule is Cc1cc(CNC(=O)C2CCCCC2)c(C)[nH]1. The van der Waals surface area contributed by atoms with Gasteiger partial charge in [0.05, 0.1) is 0 Å². The number of carbonyl (C=O) groups excluding carboxylic acids is 1. The highest BCUT2D eigenvalue weighted by Gasteiger charge is 2.20. The topological polar surface area (TPSA) is 44.9 Å². The molecule has 0 spiro atoms. The molecule has 0 atom stereocenters. The number of hydrogen-bond acceptors (Lipinski definition) is 1. The molecular formula is C14H22N2O. The second-order valence-corrected chi connectivity index (χ2v) is 5.16. The molecule has 0 aliphatic heterocycles. The number of nitrogens with one attached hydrogen (secondary N) is 2. The summed E-state index contributed by atoms with van der Waals surface area (Å²) in [6, 6.07) is 2.11. The number of aromatic amines is 1. The molecule has 94 valence electrons. The van der Waals surface area contributed by atoms with Crippen LogP contribution >= 0.6 is 0 Å². The van der Waals surface area contributed by atoms with E-state index in [1.54, 1.807) is 0 Å². The fraction of sp³-hybridized carbons (Fsp3) is 0.643. The Morgan fingerprint density at radius 3 is 2.65 bits per heavy atom. The molecule has 1 aromatic rings. The first-order valence-corrected chi connectivity index (χ1v) is 6.59. The lowest BCUT2D eigenvalue weighted by Crippen LogP contribution is -2.31. The Morgan fingerprint density at radius 2 is 2.06 bits per heavy atom. The number of aromatic nitrogens is 1. The third-order valence-corrected chi connectivity index (χ3v) is 3.69. The van der Waals surface area contributed by atoms with Crippen LogP contribution < -0.4 is 5.32 Å². The van der Waals surface area contributed by atoms with Crippen molar-refractivity contribution in [1.29, 1.82) is 0 Å². The summed E-state index contributed by atoms with van der Waals surface area (Å²) in [6.07, 6.45) is 5.84. The second kappa shape index (κ2) is 5.39. The zero-order valence-corrected chi connectivity index (χ0v) is 10.8. The lowest BCUT2D eigenvalue weighted by Gasteiger charge is -2.20. The van der Waals surface area contributed by atoms with Crippen molar-refractivity contribution in [1.82, 2.24) is 10.3 Å². The molecule has 0 aromatic carbocycles. The number of aryl methyl sites for hydroxylation is 2. The molecule has 1 aliphatic rings. The molecule has 1 heterocycles. The highest BCUT2D eigenvalue weighted by atomic mass is 16.1. The lowest BCUT2D eigenvalue weighted by atomic mass is 9.88. The Hall–Kier alpha value is -1.25. The normalized spacial score (nSPS) is 17.1. The van der Waals surface area contributed by atoms with Crippen molar-refractivity contribution in [2.75, 3.05) is 0 Å². The van der Waals surface area contributed by atoms with E-state index in [1.807, 2.05) is 6.92 Å². The molecule has 17 heavy (non-hydrogen) atoms. The predicted molar refractivity (Wildman–Crippen MR) is 68.7 cm³/mol. The Balaban J connectivity index is 1.85. The Morgan fingerprint density at radius 1 is 1.35 bits per heavy atom. The number of hydrogen-bond donors (Lipinski definition) is 2. The van der Waals surface area contributed by atoms with Crippen molar-refractivity contribution in [3.8, 4) is 0 Å². The van der Waals surface area contributed by atoms with Crippen LogP contribution in [0.4, 0.5) is 0 Å². The lowest BCUT2D eigenvalue weighted by molar-refractivity contribution is -0.126. The minimum Gasteiger partial charge on any atom is -0.362 e. The molecule has 0 bridgehead atoms. The Kier molecular flexibility index (Phi) is 3.87. The van der Waals surface area contributed by atoms with Crippen LogP contribution in [0.2, 0.25) is 0 Å². The van der Waals surface area contributed by atoms with E-state index in [0.29, 0.717) is 6.54 Å². The van der Waals surface area contributed by atoms with Gasteiger partial charge in [-0.2, -0.15) is 0 Å². The summed E-state index contributed by atoms with van der Waals surface area (Å²) in [7, 11) is 0. The predicted octanol–water partition coefficient (Wildman–Crippen LogP) is 2.83. The van der Waals surface area contributed by atoms with Crippen LogP contribution in [0.15, 0.2) is 6.07 Å². The molecule has 1 amide bonds. The maximum Gasteiger partial charge on any atom is 0.223 e. The minimum atomic E-state index is 0.239. The van der Waals surface area contributed by atoms with E-state index in [4.69, 9.17) is 0 Å². The summed E-state index contributed by atoms with van der Waals surface area (Å²) in [5.74, 6) is 0.493. The molecule has 1 aromatic heterocycles. The van der Waals surface area contributed by atoms with E-state index in [2.05, 4.69) is 23.3 Å². The van der Waals surface area contributed by atoms with Gasteiger partial charge in [0, 0.05) is 23.9 Å². The third-order valence-electron chi connectivity index (χ3n) is 3.69. The van der Waals surface area contributed by atoms with Crippen molar-refractivity contribution >= 4 is 5.91 Å². The van der Waals surface area contributed by atoms with Crippen LogP contribution in [-0.4, -0.2) is 10.9 Å². The highest BCUT2D eigenvalue weighted by Crippen LogP contribution is 2.23. The van der Waals surface area contributed by atoms with E-state index in [-0.39, 0.29) is 11.8 Å². The minimum absolute atomic E-state index is 0.239. The second-order valence-electron chi connectivity index (χ2n) is 5.16. The molecule has 0 saturated heterocycles. The summed E-state index contributed by atoms with van der Waals surface area (Å²) in [5, 5.41) is 3.06. The zero-order chi connectivity index (χ0) is 12.3. The number of rotatable bonds is 3. The summed E-state index contributed by atoms with van der Waals surface area (Å²) < 4.78 is 0. The number of H-pyrrole nitrogens is 1. The van der Waals surface area contributed by atoms with Gasteiger partial charge in [-0.1, -0.05) is 19.3 Å². The largest absolute Gasteiger partial charge is 0.362 e. The molecule has 2 N–H and O–H groups in total. The van der Waals surface area contributed by atoms with Crippen LogP contribution in [0, 0.1) is 19.8 Å². The van der Waals surface area contributed by atoms with Gasteiger partial charge >= 0.3 is 0 Å². The van der Waals surface area contributed by atoms with Gasteiger partial charge in [0.15, 0.2) is 0 Å². The average Bonchev–Trinajstić information content (AvgIpc) is 2.66. The van der Waals surface area contributed by atoms with Gasteiger partial charge < -0.3 is 10.3 Å². The van der Waals surface area contributed by atoms with Gasteiger partial charge in [-0.15, -0.1) is 0 Å². The Labute approximate surface area is 103 Å². The number of amides is 1. The van der Waals surface area contributed by atoms with Crippen molar-refractivity contribution in [2.24, 2.45) is 5.92 Å². The van der Waals surface area contributed by atoms with Crippen molar-refractivity contribution < 1.29 is 4.79 Å². The maximum absolute atomic E-state index is 12.0. The van der Waals surface area contributed by atoms with Crippen molar-refractivity contribution in [3.05, 3.63) is 23.0 Å². The standard InChI is InChI=1S/C14H22N2O/c1-10-8-13(11(2)16-10)9-15-14(17)12-6-4-3-5-7-12/h8,12,16H,3-7,9H2,1-2H3,(H,15,17). The molecule has 0 radical (unpaired) electrons. The Bertz CT molecular complexity index is 389. The smallest absolute Gasteiger partial charge is 0.223 e. The van der Waals surface area contributed by atoms with Crippen LogP contribution in [-0.2, 0) is 11.3 Å². The van der Waals surface area contributed by atoms with Crippen molar-refractivity contribution in [3.63, 3.8) is 0 Å². The molecule has 3 nitrogen and oxygen atoms in total. The molecule has 2 rings (SSSR count). The third kappa shape index (κ3) is 3.11. The number of carbonyl (C=O) groups is 1. The van der Waals surface area contributed by atoms with E-state index in [9.17, 15) is 4.79 Å². The zero-order valence-electron chi connectivity index (χ0n) is 10.8. The molecule has 3 heteroatoms. The first kappa shape index (κ1) is 12.2. The summed E-state index contributed by atoms with van der Waals surface area (Å²) in [4.78, 5) is 15.2. The van der Waals surface area contributed by atoms with Crippen molar-refractivity contribution in [2.45, 2.75) is 52.5 Å². The van der Waals surface area contributed by atoms with Crippen LogP contribution in [0.25, 0.3) is 0 Å². The van der Waals surface area contributed by atoms with Gasteiger partial charge in [0.1, 0.15) is 0 Å². The van der Waals surface area contributed by atoms with E-state index >= 15 is 0 Å². The van der Waals surface area contributed by atoms with Crippen LogP contribution in [0.5, 0.6) is 0 Å². The van der Waals surface area contributed by atoms with Crippen LogP contribution in [0.3, 0.4) is 0 Å².